The molecule has 106 valence electrons. The van der Waals surface area contributed by atoms with E-state index in [4.69, 9.17) is 0 Å². The lowest BCUT2D eigenvalue weighted by atomic mass is 9.62. The van der Waals surface area contributed by atoms with E-state index in [0.717, 1.165) is 34.4 Å². The lowest BCUT2D eigenvalue weighted by molar-refractivity contribution is 0.289. The van der Waals surface area contributed by atoms with Gasteiger partial charge in [-0.05, 0) is 53.4 Å². The summed E-state index contributed by atoms with van der Waals surface area (Å²) in [6, 6.07) is 16.9. The van der Waals surface area contributed by atoms with Crippen molar-refractivity contribution in [3.8, 4) is 6.07 Å². The average molecular weight is 342 g/mol. The minimum Gasteiger partial charge on any atom is -0.381 e. The van der Waals surface area contributed by atoms with Crippen molar-refractivity contribution in [2.45, 2.75) is 31.2 Å². The first-order chi connectivity index (χ1) is 10.1. The summed E-state index contributed by atoms with van der Waals surface area (Å²) in [7, 11) is 0. The van der Waals surface area contributed by atoms with Crippen molar-refractivity contribution in [3.63, 3.8) is 0 Å². The first kappa shape index (κ1) is 14.1. The third-order valence-electron chi connectivity index (χ3n) is 4.14. The van der Waals surface area contributed by atoms with Gasteiger partial charge < -0.3 is 5.32 Å². The molecule has 2 aromatic rings. The molecule has 0 unspecified atom stereocenters. The van der Waals surface area contributed by atoms with Crippen molar-refractivity contribution >= 4 is 21.6 Å². The fraction of sp³-hybridized carbons (Fsp3) is 0.294. The van der Waals surface area contributed by atoms with E-state index in [2.05, 4.69) is 32.3 Å². The first-order valence-electron chi connectivity index (χ1n) is 6.99. The highest BCUT2D eigenvalue weighted by molar-refractivity contribution is 9.10. The van der Waals surface area contributed by atoms with Crippen molar-refractivity contribution < 1.29 is 0 Å². The van der Waals surface area contributed by atoms with Crippen LogP contribution in [-0.2, 0) is 5.41 Å². The van der Waals surface area contributed by atoms with Crippen LogP contribution >= 0.6 is 15.9 Å². The zero-order valence-corrected chi connectivity index (χ0v) is 13.4. The van der Waals surface area contributed by atoms with Gasteiger partial charge in [0.05, 0.1) is 22.9 Å². The van der Waals surface area contributed by atoms with Gasteiger partial charge >= 0.3 is 0 Å². The van der Waals surface area contributed by atoms with Crippen molar-refractivity contribution in [2.75, 3.05) is 5.32 Å². The number of nitrogens with one attached hydrogen (secondary N) is 1. The normalized spacial score (nSPS) is 24.0. The Morgan fingerprint density at radius 2 is 1.95 bits per heavy atom. The molecular weight excluding hydrogens is 326 g/mol. The fourth-order valence-electron chi connectivity index (χ4n) is 2.94. The lowest BCUT2D eigenvalue weighted by Crippen LogP contribution is -2.47. The lowest BCUT2D eigenvalue weighted by Gasteiger charge is -2.43. The van der Waals surface area contributed by atoms with Crippen LogP contribution in [0.25, 0.3) is 0 Å². The molecule has 1 N–H and O–H groups in total. The predicted molar refractivity (Wildman–Crippen MR) is 87.1 cm³/mol. The molecule has 1 aromatic heterocycles. The molecule has 0 amide bonds. The van der Waals surface area contributed by atoms with E-state index in [0.29, 0.717) is 6.04 Å². The van der Waals surface area contributed by atoms with E-state index >= 15 is 0 Å². The number of pyridine rings is 1. The van der Waals surface area contributed by atoms with E-state index < -0.39 is 0 Å². The Labute approximate surface area is 133 Å². The van der Waals surface area contributed by atoms with Crippen LogP contribution in [0.2, 0.25) is 0 Å². The van der Waals surface area contributed by atoms with Crippen LogP contribution in [0, 0.1) is 18.3 Å². The van der Waals surface area contributed by atoms with E-state index in [9.17, 15) is 5.26 Å². The van der Waals surface area contributed by atoms with Gasteiger partial charge in [0.15, 0.2) is 0 Å². The molecule has 0 atom stereocenters. The number of anilines is 1. The molecular formula is C17H16BrN3. The number of rotatable bonds is 3. The molecule has 1 aliphatic rings. The molecule has 1 saturated carbocycles. The third kappa shape index (κ3) is 2.66. The molecule has 0 aliphatic heterocycles. The summed E-state index contributed by atoms with van der Waals surface area (Å²) in [5.41, 5.74) is 2.80. The number of aryl methyl sites for hydroxylation is 1. The first-order valence-corrected chi connectivity index (χ1v) is 7.79. The van der Waals surface area contributed by atoms with E-state index in [1.807, 2.05) is 49.4 Å². The highest BCUT2D eigenvalue weighted by atomic mass is 79.9. The molecule has 3 rings (SSSR count). The van der Waals surface area contributed by atoms with Crippen LogP contribution in [0.5, 0.6) is 0 Å². The Morgan fingerprint density at radius 3 is 2.57 bits per heavy atom. The number of halogens is 1. The van der Waals surface area contributed by atoms with Crippen LogP contribution in [0.4, 0.5) is 5.69 Å². The molecule has 1 aliphatic carbocycles. The molecule has 0 bridgehead atoms. The molecule has 1 fully saturated rings. The van der Waals surface area contributed by atoms with Crippen molar-refractivity contribution in [1.82, 2.24) is 4.98 Å². The maximum atomic E-state index is 9.57. The molecule has 3 nitrogen and oxygen atoms in total. The van der Waals surface area contributed by atoms with Crippen molar-refractivity contribution in [2.24, 2.45) is 0 Å². The topological polar surface area (TPSA) is 48.7 Å². The van der Waals surface area contributed by atoms with E-state index in [-0.39, 0.29) is 5.41 Å². The molecule has 21 heavy (non-hydrogen) atoms. The summed E-state index contributed by atoms with van der Waals surface area (Å²) in [4.78, 5) is 4.39. The van der Waals surface area contributed by atoms with Crippen LogP contribution in [0.3, 0.4) is 0 Å². The molecule has 0 spiro atoms. The zero-order chi connectivity index (χ0) is 14.9. The van der Waals surface area contributed by atoms with Gasteiger partial charge in [-0.15, -0.1) is 0 Å². The van der Waals surface area contributed by atoms with Gasteiger partial charge in [0, 0.05) is 6.04 Å². The molecule has 1 aromatic carbocycles. The minimum absolute atomic E-state index is 0.325. The molecule has 4 heteroatoms. The molecule has 1 heterocycles. The maximum Gasteiger partial charge on any atom is 0.106 e. The summed E-state index contributed by atoms with van der Waals surface area (Å²) < 4.78 is 0.842. The van der Waals surface area contributed by atoms with Gasteiger partial charge in [-0.1, -0.05) is 30.3 Å². The summed E-state index contributed by atoms with van der Waals surface area (Å²) in [6.07, 6.45) is 1.67. The summed E-state index contributed by atoms with van der Waals surface area (Å²) in [5.74, 6) is 0. The predicted octanol–water partition coefficient (Wildman–Crippen LogP) is 4.19. The minimum atomic E-state index is -0.338. The SMILES string of the molecule is Cc1nc(Br)ccc1NC1CC(C#N)(c2ccccc2)C1. The summed E-state index contributed by atoms with van der Waals surface area (Å²) in [6.45, 7) is 1.99. The summed E-state index contributed by atoms with van der Waals surface area (Å²) >= 11 is 3.37. The second-order valence-corrected chi connectivity index (χ2v) is 6.39. The van der Waals surface area contributed by atoms with Crippen LogP contribution in [0.15, 0.2) is 47.1 Å². The number of benzene rings is 1. The largest absolute Gasteiger partial charge is 0.381 e. The number of hydrogen-bond acceptors (Lipinski definition) is 3. The van der Waals surface area contributed by atoms with Crippen LogP contribution in [-0.4, -0.2) is 11.0 Å². The van der Waals surface area contributed by atoms with E-state index in [1.54, 1.807) is 0 Å². The van der Waals surface area contributed by atoms with Crippen LogP contribution < -0.4 is 5.32 Å². The average Bonchev–Trinajstić information content (AvgIpc) is 2.45. The van der Waals surface area contributed by atoms with Gasteiger partial charge in [-0.2, -0.15) is 5.26 Å². The van der Waals surface area contributed by atoms with Crippen LogP contribution in [0.1, 0.15) is 24.1 Å². The van der Waals surface area contributed by atoms with Gasteiger partial charge in [0.25, 0.3) is 0 Å². The number of hydrogen-bond donors (Lipinski definition) is 1. The Morgan fingerprint density at radius 1 is 1.24 bits per heavy atom. The third-order valence-corrected chi connectivity index (χ3v) is 4.58. The maximum absolute atomic E-state index is 9.57. The fourth-order valence-corrected chi connectivity index (χ4v) is 3.33. The van der Waals surface area contributed by atoms with Crippen molar-refractivity contribution in [1.29, 1.82) is 5.26 Å². The smallest absolute Gasteiger partial charge is 0.106 e. The Hall–Kier alpha value is -1.86. The highest BCUT2D eigenvalue weighted by Crippen LogP contribution is 2.44. The van der Waals surface area contributed by atoms with Crippen molar-refractivity contribution in [3.05, 3.63) is 58.3 Å². The second kappa shape index (κ2) is 5.50. The van der Waals surface area contributed by atoms with Gasteiger partial charge in [-0.3, -0.25) is 0 Å². The Balaban J connectivity index is 1.71. The number of nitrogens with zero attached hydrogens (tertiary/aromatic N) is 2. The standard InChI is InChI=1S/C17H16BrN3/c1-12-15(7-8-16(18)20-12)21-14-9-17(10-14,11-19)13-5-3-2-4-6-13/h2-8,14,21H,9-10H2,1H3. The monoisotopic (exact) mass is 341 g/mol. The molecule has 0 radical (unpaired) electrons. The number of aromatic nitrogens is 1. The highest BCUT2D eigenvalue weighted by Gasteiger charge is 2.46. The molecule has 0 saturated heterocycles. The van der Waals surface area contributed by atoms with Gasteiger partial charge in [0.1, 0.15) is 4.60 Å². The Bertz CT molecular complexity index is 685. The quantitative estimate of drug-likeness (QED) is 0.851. The van der Waals surface area contributed by atoms with Gasteiger partial charge in [0.2, 0.25) is 0 Å². The second-order valence-electron chi connectivity index (χ2n) is 5.58. The van der Waals surface area contributed by atoms with E-state index in [1.165, 1.54) is 0 Å². The summed E-state index contributed by atoms with van der Waals surface area (Å²) in [5, 5.41) is 13.1. The Kier molecular flexibility index (Phi) is 3.69. The number of nitriles is 1. The van der Waals surface area contributed by atoms with Gasteiger partial charge in [-0.25, -0.2) is 4.98 Å². The zero-order valence-electron chi connectivity index (χ0n) is 11.8.